The molecule has 11 nitrogen and oxygen atoms in total. The number of benzene rings is 1. The van der Waals surface area contributed by atoms with Gasteiger partial charge in [-0.05, 0) is 36.0 Å². The number of aryl methyl sites for hydroxylation is 1. The number of rotatable bonds is 10. The Morgan fingerprint density at radius 1 is 1.15 bits per heavy atom. The first-order chi connectivity index (χ1) is 15.4. The van der Waals surface area contributed by atoms with E-state index < -0.39 is 15.8 Å². The largest absolute Gasteiger partial charge is 0.419 e. The monoisotopic (exact) mass is 478 g/mol. The zero-order valence-electron chi connectivity index (χ0n) is 19.4. The first-order valence-electron chi connectivity index (χ1n) is 10.6. The van der Waals surface area contributed by atoms with Gasteiger partial charge in [0.05, 0.1) is 24.4 Å². The van der Waals surface area contributed by atoms with Crippen molar-refractivity contribution in [2.45, 2.75) is 45.6 Å². The number of sulfonamides is 1. The van der Waals surface area contributed by atoms with Crippen molar-refractivity contribution < 1.29 is 17.9 Å². The van der Waals surface area contributed by atoms with Gasteiger partial charge >= 0.3 is 5.76 Å². The summed E-state index contributed by atoms with van der Waals surface area (Å²) in [7, 11) is -1.95. The highest BCUT2D eigenvalue weighted by molar-refractivity contribution is 7.91. The van der Waals surface area contributed by atoms with E-state index in [2.05, 4.69) is 25.0 Å². The quantitative estimate of drug-likeness (QED) is 0.396. The molecule has 0 amide bonds. The average molecular weight is 479 g/mol. The van der Waals surface area contributed by atoms with Crippen LogP contribution >= 0.6 is 0 Å². The molecule has 0 aliphatic heterocycles. The van der Waals surface area contributed by atoms with Crippen molar-refractivity contribution >= 4 is 33.0 Å². The van der Waals surface area contributed by atoms with Crippen molar-refractivity contribution in [3.63, 3.8) is 0 Å². The summed E-state index contributed by atoms with van der Waals surface area (Å²) < 4.78 is 32.5. The summed E-state index contributed by atoms with van der Waals surface area (Å²) in [5, 5.41) is 12.8. The minimum atomic E-state index is -3.59. The lowest BCUT2D eigenvalue weighted by Crippen LogP contribution is -2.27. The second-order valence-electron chi connectivity index (χ2n) is 8.69. The lowest BCUT2D eigenvalue weighted by atomic mass is 9.97. The van der Waals surface area contributed by atoms with E-state index in [1.54, 1.807) is 7.05 Å². The van der Waals surface area contributed by atoms with Crippen molar-refractivity contribution in [3.8, 4) is 0 Å². The third kappa shape index (κ3) is 6.51. The molecule has 0 saturated heterocycles. The molecule has 0 bridgehead atoms. The van der Waals surface area contributed by atoms with Gasteiger partial charge in [-0.3, -0.25) is 9.29 Å². The number of aromatic nitrogens is 4. The Balaban J connectivity index is 1.89. The van der Waals surface area contributed by atoms with Crippen LogP contribution in [0.1, 0.15) is 44.5 Å². The maximum Gasteiger partial charge on any atom is 0.419 e. The van der Waals surface area contributed by atoms with Crippen molar-refractivity contribution in [3.05, 3.63) is 40.1 Å². The third-order valence-electron chi connectivity index (χ3n) is 5.14. The lowest BCUT2D eigenvalue weighted by Gasteiger charge is -2.19. The maximum absolute atomic E-state index is 11.8. The molecule has 0 aliphatic rings. The first-order valence-corrected chi connectivity index (χ1v) is 12.5. The van der Waals surface area contributed by atoms with E-state index >= 15 is 0 Å². The van der Waals surface area contributed by atoms with Crippen LogP contribution in [0, 0.1) is 5.92 Å². The van der Waals surface area contributed by atoms with Gasteiger partial charge in [-0.2, -0.15) is 15.0 Å². The standard InChI is InChI=1S/C21H30N6O5S/c1-12(2)8-15(11-28)22-19-23-18(24-20(25-19)26-33(5,30)31)9-13(3)14-6-7-16-17(10-14)32-21(29)27(16)4/h6-7,10,12-13,15,28H,8-9,11H2,1-5H3,(H2,22,23,24,25,26)/t13?,15-/m1/s1. The molecule has 180 valence electrons. The van der Waals surface area contributed by atoms with E-state index in [1.165, 1.54) is 4.57 Å². The number of hydrogen-bond acceptors (Lipinski definition) is 9. The Bertz CT molecular complexity index is 1280. The van der Waals surface area contributed by atoms with Crippen LogP contribution in [0.3, 0.4) is 0 Å². The number of fused-ring (bicyclic) bond motifs is 1. The predicted octanol–water partition coefficient (Wildman–Crippen LogP) is 1.85. The molecule has 3 rings (SSSR count). The molecule has 0 fully saturated rings. The summed E-state index contributed by atoms with van der Waals surface area (Å²) in [6.07, 6.45) is 2.08. The zero-order chi connectivity index (χ0) is 24.3. The Hall–Kier alpha value is -2.99. The van der Waals surface area contributed by atoms with Crippen molar-refractivity contribution in [2.24, 2.45) is 13.0 Å². The van der Waals surface area contributed by atoms with Gasteiger partial charge in [-0.15, -0.1) is 0 Å². The molecular weight excluding hydrogens is 448 g/mol. The second kappa shape index (κ2) is 9.87. The normalized spacial score (nSPS) is 13.9. The van der Waals surface area contributed by atoms with Crippen molar-refractivity contribution in [2.75, 3.05) is 22.9 Å². The topological polar surface area (TPSA) is 152 Å². The van der Waals surface area contributed by atoms with E-state index in [4.69, 9.17) is 4.42 Å². The van der Waals surface area contributed by atoms with E-state index in [9.17, 15) is 18.3 Å². The van der Waals surface area contributed by atoms with E-state index in [0.29, 0.717) is 35.7 Å². The van der Waals surface area contributed by atoms with Crippen LogP contribution in [-0.2, 0) is 23.5 Å². The molecule has 2 aromatic heterocycles. The Morgan fingerprint density at radius 2 is 1.85 bits per heavy atom. The van der Waals surface area contributed by atoms with Gasteiger partial charge in [0, 0.05) is 13.5 Å². The molecule has 0 saturated carbocycles. The number of aliphatic hydroxyl groups is 1. The molecule has 1 aromatic carbocycles. The Labute approximate surface area is 192 Å². The molecular formula is C21H30N6O5S. The van der Waals surface area contributed by atoms with Gasteiger partial charge in [-0.25, -0.2) is 13.2 Å². The summed E-state index contributed by atoms with van der Waals surface area (Å²) >= 11 is 0. The first kappa shape index (κ1) is 24.6. The van der Waals surface area contributed by atoms with Gasteiger partial charge in [0.2, 0.25) is 21.9 Å². The Kier molecular flexibility index (Phi) is 7.38. The molecule has 0 spiro atoms. The van der Waals surface area contributed by atoms with Gasteiger partial charge < -0.3 is 14.8 Å². The van der Waals surface area contributed by atoms with Crippen LogP contribution in [0.25, 0.3) is 11.1 Å². The summed E-state index contributed by atoms with van der Waals surface area (Å²) in [5.74, 6) is 0.301. The highest BCUT2D eigenvalue weighted by Gasteiger charge is 2.18. The lowest BCUT2D eigenvalue weighted by molar-refractivity contribution is 0.259. The maximum atomic E-state index is 11.8. The molecule has 1 unspecified atom stereocenters. The summed E-state index contributed by atoms with van der Waals surface area (Å²) in [6, 6.07) is 5.25. The van der Waals surface area contributed by atoms with E-state index in [0.717, 1.165) is 11.8 Å². The van der Waals surface area contributed by atoms with Crippen LogP contribution in [0.15, 0.2) is 27.4 Å². The van der Waals surface area contributed by atoms with Crippen LogP contribution < -0.4 is 15.8 Å². The SMILES string of the molecule is CC(C)C[C@H](CO)Nc1nc(CC(C)c2ccc3c(c2)oc(=O)n3C)nc(NS(C)(=O)=O)n1. The Morgan fingerprint density at radius 3 is 2.48 bits per heavy atom. The van der Waals surface area contributed by atoms with Gasteiger partial charge in [0.15, 0.2) is 5.58 Å². The molecule has 3 N–H and O–H groups in total. The van der Waals surface area contributed by atoms with Crippen LogP contribution in [-0.4, -0.2) is 51.9 Å². The van der Waals surface area contributed by atoms with Crippen molar-refractivity contribution in [1.82, 2.24) is 19.5 Å². The number of nitrogens with one attached hydrogen (secondary N) is 2. The average Bonchev–Trinajstić information content (AvgIpc) is 2.98. The van der Waals surface area contributed by atoms with Gasteiger partial charge in [0.25, 0.3) is 0 Å². The van der Waals surface area contributed by atoms with E-state index in [1.807, 2.05) is 39.0 Å². The fraction of sp³-hybridized carbons (Fsp3) is 0.524. The van der Waals surface area contributed by atoms with Crippen LogP contribution in [0.5, 0.6) is 0 Å². The number of hydrogen-bond donors (Lipinski definition) is 3. The molecule has 2 atom stereocenters. The highest BCUT2D eigenvalue weighted by atomic mass is 32.2. The fourth-order valence-electron chi connectivity index (χ4n) is 3.57. The summed E-state index contributed by atoms with van der Waals surface area (Å²) in [6.45, 7) is 5.92. The zero-order valence-corrected chi connectivity index (χ0v) is 20.2. The number of anilines is 2. The summed E-state index contributed by atoms with van der Waals surface area (Å²) in [4.78, 5) is 24.6. The second-order valence-corrected chi connectivity index (χ2v) is 10.4. The minimum absolute atomic E-state index is 0.0643. The summed E-state index contributed by atoms with van der Waals surface area (Å²) in [5.41, 5.74) is 2.10. The molecule has 33 heavy (non-hydrogen) atoms. The van der Waals surface area contributed by atoms with Crippen molar-refractivity contribution in [1.29, 1.82) is 0 Å². The minimum Gasteiger partial charge on any atom is -0.408 e. The third-order valence-corrected chi connectivity index (χ3v) is 5.70. The predicted molar refractivity (Wildman–Crippen MR) is 126 cm³/mol. The molecule has 3 aromatic rings. The van der Waals surface area contributed by atoms with E-state index in [-0.39, 0.29) is 30.5 Å². The number of oxazole rings is 1. The molecule has 2 heterocycles. The molecule has 0 radical (unpaired) electrons. The molecule has 12 heteroatoms. The van der Waals surface area contributed by atoms with Crippen LogP contribution in [0.4, 0.5) is 11.9 Å². The van der Waals surface area contributed by atoms with Gasteiger partial charge in [-0.1, -0.05) is 26.8 Å². The fourth-order valence-corrected chi connectivity index (χ4v) is 3.99. The highest BCUT2D eigenvalue weighted by Crippen LogP contribution is 2.24. The van der Waals surface area contributed by atoms with Crippen LogP contribution in [0.2, 0.25) is 0 Å². The number of nitrogens with zero attached hydrogens (tertiary/aromatic N) is 4. The van der Waals surface area contributed by atoms with Gasteiger partial charge in [0.1, 0.15) is 5.82 Å². The number of aliphatic hydroxyl groups excluding tert-OH is 1. The smallest absolute Gasteiger partial charge is 0.408 e. The molecule has 0 aliphatic carbocycles.